The van der Waals surface area contributed by atoms with Crippen LogP contribution >= 0.6 is 0 Å². The van der Waals surface area contributed by atoms with Crippen LogP contribution in [0.5, 0.6) is 0 Å². The summed E-state index contributed by atoms with van der Waals surface area (Å²) in [6, 6.07) is 8.68. The summed E-state index contributed by atoms with van der Waals surface area (Å²) in [5, 5.41) is 18.7. The van der Waals surface area contributed by atoms with Crippen LogP contribution in [-0.2, 0) is 16.6 Å². The highest BCUT2D eigenvalue weighted by Gasteiger charge is 2.17. The number of fused-ring (bicyclic) bond motifs is 1. The van der Waals surface area contributed by atoms with Crippen molar-refractivity contribution in [3.63, 3.8) is 0 Å². The number of hydrogen-bond acceptors (Lipinski definition) is 7. The number of carbonyl (C=O) groups is 1. The zero-order chi connectivity index (χ0) is 23.4. The van der Waals surface area contributed by atoms with Crippen molar-refractivity contribution in [2.24, 2.45) is 0 Å². The van der Waals surface area contributed by atoms with Gasteiger partial charge in [-0.05, 0) is 35.9 Å². The number of aromatic nitrogens is 4. The number of carbonyl (C=O) groups excluding carboxylic acids is 1. The van der Waals surface area contributed by atoms with E-state index in [4.69, 9.17) is 5.11 Å². The molecule has 0 atom stereocenters. The number of aromatic amines is 1. The Labute approximate surface area is 188 Å². The third kappa shape index (κ3) is 4.87. The first-order valence-electron chi connectivity index (χ1n) is 9.81. The molecule has 0 radical (unpaired) electrons. The molecule has 4 N–H and O–H groups in total. The van der Waals surface area contributed by atoms with Crippen LogP contribution in [0.25, 0.3) is 22.2 Å². The molecule has 10 nitrogen and oxygen atoms in total. The summed E-state index contributed by atoms with van der Waals surface area (Å²) in [7, 11) is -3.81. The molecule has 4 rings (SSSR count). The minimum atomic E-state index is -3.81. The number of pyridine rings is 2. The van der Waals surface area contributed by atoms with E-state index in [2.05, 4.69) is 30.2 Å². The number of amides is 1. The Morgan fingerprint density at radius 3 is 2.55 bits per heavy atom. The van der Waals surface area contributed by atoms with E-state index in [0.717, 1.165) is 0 Å². The maximum atomic E-state index is 13.2. The molecule has 170 valence electrons. The number of nitrogens with zero attached hydrogens (tertiary/aromatic N) is 3. The Morgan fingerprint density at radius 2 is 1.85 bits per heavy atom. The van der Waals surface area contributed by atoms with Gasteiger partial charge in [0.25, 0.3) is 15.9 Å². The number of nitrogens with one attached hydrogen (secondary N) is 3. The van der Waals surface area contributed by atoms with Crippen LogP contribution in [-0.4, -0.2) is 52.7 Å². The van der Waals surface area contributed by atoms with Gasteiger partial charge >= 0.3 is 0 Å². The normalized spacial score (nSPS) is 11.6. The van der Waals surface area contributed by atoms with Crippen molar-refractivity contribution < 1.29 is 22.7 Å². The van der Waals surface area contributed by atoms with Crippen molar-refractivity contribution in [2.45, 2.75) is 11.6 Å². The molecular weight excluding hydrogens is 451 g/mol. The molecule has 33 heavy (non-hydrogen) atoms. The SMILES string of the molecule is O=C(NCc1ccc(S(=O)(=O)NCCO)nc1)c1cnc(-c2ccc(F)cc2)c2[nH]ncc12. The van der Waals surface area contributed by atoms with Crippen LogP contribution in [0.15, 0.2) is 60.0 Å². The van der Waals surface area contributed by atoms with Gasteiger partial charge in [-0.3, -0.25) is 14.9 Å². The summed E-state index contributed by atoms with van der Waals surface area (Å²) in [5.74, 6) is -0.766. The molecule has 0 aliphatic rings. The second kappa shape index (κ2) is 9.40. The van der Waals surface area contributed by atoms with Gasteiger partial charge in [0.05, 0.1) is 29.6 Å². The maximum Gasteiger partial charge on any atom is 0.258 e. The van der Waals surface area contributed by atoms with E-state index in [1.165, 1.54) is 42.9 Å². The molecule has 0 unspecified atom stereocenters. The lowest BCUT2D eigenvalue weighted by atomic mass is 10.1. The molecule has 1 amide bonds. The summed E-state index contributed by atoms with van der Waals surface area (Å²) in [6.45, 7) is -0.333. The molecule has 3 aromatic heterocycles. The third-order valence-corrected chi connectivity index (χ3v) is 6.16. The number of sulfonamides is 1. The summed E-state index contributed by atoms with van der Waals surface area (Å²) >= 11 is 0. The highest BCUT2D eigenvalue weighted by atomic mass is 32.2. The molecule has 0 spiro atoms. The number of benzene rings is 1. The molecule has 0 saturated carbocycles. The zero-order valence-electron chi connectivity index (χ0n) is 17.1. The standard InChI is InChI=1S/C21H19FN6O4S/c22-15-4-2-14(3-5-15)19-20-16(12-26-28-20)17(11-24-19)21(30)25-10-13-1-6-18(23-9-13)33(31,32)27-7-8-29/h1-6,9,11-12,27,29H,7-8,10H2,(H,25,30)(H,26,28). The topological polar surface area (TPSA) is 150 Å². The van der Waals surface area contributed by atoms with E-state index < -0.39 is 15.9 Å². The van der Waals surface area contributed by atoms with E-state index >= 15 is 0 Å². The second-order valence-corrected chi connectivity index (χ2v) is 8.71. The van der Waals surface area contributed by atoms with Crippen LogP contribution in [0.1, 0.15) is 15.9 Å². The Morgan fingerprint density at radius 1 is 1.06 bits per heavy atom. The number of H-pyrrole nitrogens is 1. The van der Waals surface area contributed by atoms with Crippen molar-refractivity contribution in [3.05, 3.63) is 71.9 Å². The highest BCUT2D eigenvalue weighted by Crippen LogP contribution is 2.27. The van der Waals surface area contributed by atoms with Crippen LogP contribution in [0.3, 0.4) is 0 Å². The largest absolute Gasteiger partial charge is 0.395 e. The number of hydrogen-bond donors (Lipinski definition) is 4. The van der Waals surface area contributed by atoms with Gasteiger partial charge in [-0.15, -0.1) is 0 Å². The lowest BCUT2D eigenvalue weighted by Gasteiger charge is -2.09. The van der Waals surface area contributed by atoms with Crippen molar-refractivity contribution in [1.29, 1.82) is 0 Å². The van der Waals surface area contributed by atoms with Crippen molar-refractivity contribution >= 4 is 26.8 Å². The monoisotopic (exact) mass is 470 g/mol. The van der Waals surface area contributed by atoms with Crippen molar-refractivity contribution in [2.75, 3.05) is 13.2 Å². The van der Waals surface area contributed by atoms with E-state index in [9.17, 15) is 17.6 Å². The summed E-state index contributed by atoms with van der Waals surface area (Å²) < 4.78 is 39.5. The van der Waals surface area contributed by atoms with Gasteiger partial charge in [0.15, 0.2) is 5.03 Å². The number of aliphatic hydroxyl groups excluding tert-OH is 1. The maximum absolute atomic E-state index is 13.2. The van der Waals surface area contributed by atoms with E-state index in [1.807, 2.05) is 0 Å². The molecule has 0 aliphatic carbocycles. The first-order chi connectivity index (χ1) is 15.9. The minimum absolute atomic E-state index is 0.106. The minimum Gasteiger partial charge on any atom is -0.395 e. The molecule has 0 aliphatic heterocycles. The Bertz CT molecular complexity index is 1390. The number of rotatable bonds is 8. The Hall–Kier alpha value is -3.74. The fourth-order valence-electron chi connectivity index (χ4n) is 3.15. The molecule has 4 aromatic rings. The smallest absolute Gasteiger partial charge is 0.258 e. The van der Waals surface area contributed by atoms with Gasteiger partial charge in [0.1, 0.15) is 5.82 Å². The van der Waals surface area contributed by atoms with E-state index in [-0.39, 0.29) is 30.5 Å². The molecule has 3 heterocycles. The lowest BCUT2D eigenvalue weighted by Crippen LogP contribution is -2.27. The predicted octanol–water partition coefficient (Wildman–Crippen LogP) is 1.36. The Balaban J connectivity index is 1.49. The summed E-state index contributed by atoms with van der Waals surface area (Å²) in [4.78, 5) is 21.0. The average Bonchev–Trinajstić information content (AvgIpc) is 3.32. The third-order valence-electron chi connectivity index (χ3n) is 4.78. The summed E-state index contributed by atoms with van der Waals surface area (Å²) in [5.41, 5.74) is 2.64. The number of halogens is 1. The quantitative estimate of drug-likeness (QED) is 0.304. The van der Waals surface area contributed by atoms with Gasteiger partial charge < -0.3 is 10.4 Å². The van der Waals surface area contributed by atoms with Crippen LogP contribution in [0.2, 0.25) is 0 Å². The average molecular weight is 470 g/mol. The van der Waals surface area contributed by atoms with Gasteiger partial charge in [-0.2, -0.15) is 5.10 Å². The fraction of sp³-hybridized carbons (Fsp3) is 0.143. The van der Waals surface area contributed by atoms with Gasteiger partial charge in [0.2, 0.25) is 0 Å². The van der Waals surface area contributed by atoms with Crippen LogP contribution in [0.4, 0.5) is 4.39 Å². The van der Waals surface area contributed by atoms with Crippen LogP contribution < -0.4 is 10.0 Å². The number of aliphatic hydroxyl groups is 1. The molecule has 12 heteroatoms. The van der Waals surface area contributed by atoms with Gasteiger partial charge in [0, 0.05) is 36.4 Å². The van der Waals surface area contributed by atoms with E-state index in [1.54, 1.807) is 12.1 Å². The highest BCUT2D eigenvalue weighted by molar-refractivity contribution is 7.89. The Kier molecular flexibility index (Phi) is 6.40. The van der Waals surface area contributed by atoms with Gasteiger partial charge in [-0.25, -0.2) is 22.5 Å². The van der Waals surface area contributed by atoms with Crippen molar-refractivity contribution in [1.82, 2.24) is 30.2 Å². The van der Waals surface area contributed by atoms with Crippen molar-refractivity contribution in [3.8, 4) is 11.3 Å². The lowest BCUT2D eigenvalue weighted by molar-refractivity contribution is 0.0952. The predicted molar refractivity (Wildman–Crippen MR) is 117 cm³/mol. The van der Waals surface area contributed by atoms with E-state index in [0.29, 0.717) is 33.3 Å². The molecule has 0 fully saturated rings. The fourth-order valence-corrected chi connectivity index (χ4v) is 4.09. The first-order valence-corrected chi connectivity index (χ1v) is 11.3. The first kappa shape index (κ1) is 22.5. The molecule has 0 saturated heterocycles. The van der Waals surface area contributed by atoms with Gasteiger partial charge in [-0.1, -0.05) is 6.07 Å². The van der Waals surface area contributed by atoms with Crippen LogP contribution in [0, 0.1) is 5.82 Å². The molecular formula is C21H19FN6O4S. The zero-order valence-corrected chi connectivity index (χ0v) is 17.9. The molecule has 0 bridgehead atoms. The summed E-state index contributed by atoms with van der Waals surface area (Å²) in [6.07, 6.45) is 4.28. The molecule has 1 aromatic carbocycles. The second-order valence-electron chi connectivity index (χ2n) is 6.99.